The Morgan fingerprint density at radius 1 is 0.741 bits per heavy atom. The maximum Gasteiger partial charge on any atom is 2.00 e. The Hall–Kier alpha value is -0.574. The van der Waals surface area contributed by atoms with E-state index in [1.54, 1.807) is 0 Å². The van der Waals surface area contributed by atoms with E-state index in [1.165, 1.54) is 41.5 Å². The molecular weight excluding hydrogens is 438 g/mol. The van der Waals surface area contributed by atoms with E-state index < -0.39 is 0 Å². The maximum atomic E-state index is 10.3. The molecule has 0 bridgehead atoms. The Kier molecular flexibility index (Phi) is 27.3. The number of carbonyl (C=O) groups is 4. The number of nitrogens with one attached hydrogen (secondary N) is 1. The molecule has 0 aromatic heterocycles. The first kappa shape index (κ1) is 34.0. The molecule has 0 aromatic rings. The minimum Gasteiger partial charge on any atom is -0.676 e. The summed E-state index contributed by atoms with van der Waals surface area (Å²) in [7, 11) is 0. The van der Waals surface area contributed by atoms with Crippen LogP contribution in [0.25, 0.3) is 5.73 Å². The summed E-state index contributed by atoms with van der Waals surface area (Å²) in [5, 5.41) is 0. The van der Waals surface area contributed by atoms with Crippen molar-refractivity contribution in [2.45, 2.75) is 41.5 Å². The van der Waals surface area contributed by atoms with Crippen LogP contribution in [0.2, 0.25) is 0 Å². The number of hydrogen-bond acceptors (Lipinski definition) is 5. The molecule has 0 saturated carbocycles. The van der Waals surface area contributed by atoms with Gasteiger partial charge in [0.05, 0.1) is 0 Å². The summed E-state index contributed by atoms with van der Waals surface area (Å²) in [5.41, 5.74) is 6.96. The molecular formula is C18H31Cl2CoN2O4-. The Labute approximate surface area is 184 Å². The molecule has 0 aliphatic heterocycles. The number of ketones is 4. The van der Waals surface area contributed by atoms with Crippen LogP contribution in [0.1, 0.15) is 41.5 Å². The largest absolute Gasteiger partial charge is 2.00 e. The van der Waals surface area contributed by atoms with Gasteiger partial charge in [-0.05, 0) is 34.2 Å². The van der Waals surface area contributed by atoms with Crippen LogP contribution < -0.4 is 0 Å². The summed E-state index contributed by atoms with van der Waals surface area (Å²) in [6, 6.07) is 0. The third-order valence-electron chi connectivity index (χ3n) is 3.34. The van der Waals surface area contributed by atoms with Gasteiger partial charge in [-0.25, -0.2) is 0 Å². The summed E-state index contributed by atoms with van der Waals surface area (Å²) < 4.78 is 0. The number of nitrogens with zero attached hydrogens (tertiary/aromatic N) is 1. The zero-order valence-corrected chi connectivity index (χ0v) is 19.5. The van der Waals surface area contributed by atoms with Gasteiger partial charge >= 0.3 is 16.8 Å². The molecule has 1 radical (unpaired) electrons. The van der Waals surface area contributed by atoms with Crippen molar-refractivity contribution in [2.24, 2.45) is 0 Å². The Balaban J connectivity index is -0.000000146. The second-order valence-corrected chi connectivity index (χ2v) is 6.20. The van der Waals surface area contributed by atoms with Gasteiger partial charge in [-0.15, -0.1) is 29.7 Å². The fourth-order valence-electron chi connectivity index (χ4n) is 1.23. The van der Waals surface area contributed by atoms with Gasteiger partial charge in [0.25, 0.3) is 0 Å². The summed E-state index contributed by atoms with van der Waals surface area (Å²) in [6.07, 6.45) is 0. The van der Waals surface area contributed by atoms with Crippen LogP contribution in [0.4, 0.5) is 0 Å². The van der Waals surface area contributed by atoms with Crippen LogP contribution in [-0.4, -0.2) is 66.0 Å². The quantitative estimate of drug-likeness (QED) is 0.278. The topological polar surface area (TPSA) is 95.3 Å². The molecule has 1 N–H and O–H groups in total. The zero-order chi connectivity index (χ0) is 21.3. The van der Waals surface area contributed by atoms with Gasteiger partial charge in [0.1, 0.15) is 0 Å². The van der Waals surface area contributed by atoms with Crippen LogP contribution in [0.15, 0.2) is 0 Å². The van der Waals surface area contributed by atoms with Gasteiger partial charge in [0.15, 0.2) is 0 Å². The molecule has 0 fully saturated rings. The average molecular weight is 469 g/mol. The Morgan fingerprint density at radius 2 is 1.00 bits per heavy atom. The number of carbonyl (C=O) groups excluding carboxylic acids is 4. The zero-order valence-electron chi connectivity index (χ0n) is 16.9. The number of rotatable bonds is 10. The van der Waals surface area contributed by atoms with Crippen molar-refractivity contribution in [3.05, 3.63) is 17.6 Å². The first-order valence-corrected chi connectivity index (χ1v) is 9.22. The Morgan fingerprint density at radius 3 is 1.11 bits per heavy atom. The van der Waals surface area contributed by atoms with Gasteiger partial charge in [0, 0.05) is 48.0 Å². The molecule has 0 unspecified atom stereocenters. The third kappa shape index (κ3) is 23.4. The number of Topliss-reactive ketones (excluding diaryl/α,β-unsaturated/α-hetero) is 4. The van der Waals surface area contributed by atoms with Crippen molar-refractivity contribution in [1.29, 1.82) is 0 Å². The van der Waals surface area contributed by atoms with E-state index in [0.29, 0.717) is 30.1 Å². The predicted molar refractivity (Wildman–Crippen MR) is 108 cm³/mol. The molecule has 9 heteroatoms. The van der Waals surface area contributed by atoms with E-state index in [-0.39, 0.29) is 39.9 Å². The normalized spacial score (nSPS) is 8.96. The molecule has 6 nitrogen and oxygen atoms in total. The van der Waals surface area contributed by atoms with Gasteiger partial charge in [-0.1, -0.05) is 0 Å². The molecule has 0 saturated heterocycles. The monoisotopic (exact) mass is 468 g/mol. The second kappa shape index (κ2) is 21.7. The smallest absolute Gasteiger partial charge is 0.676 e. The van der Waals surface area contributed by atoms with Gasteiger partial charge in [0.2, 0.25) is 0 Å². The van der Waals surface area contributed by atoms with E-state index in [4.69, 9.17) is 28.9 Å². The second-order valence-electron chi connectivity index (χ2n) is 5.44. The fraction of sp³-hybridized carbons (Fsp3) is 0.667. The van der Waals surface area contributed by atoms with Crippen LogP contribution in [-0.2, 0) is 36.0 Å². The van der Waals surface area contributed by atoms with E-state index in [9.17, 15) is 19.2 Å². The van der Waals surface area contributed by atoms with Gasteiger partial charge in [-0.3, -0.25) is 11.8 Å². The first-order chi connectivity index (χ1) is 12.0. The van der Waals surface area contributed by atoms with Crippen molar-refractivity contribution in [3.8, 4) is 0 Å². The van der Waals surface area contributed by atoms with Crippen molar-refractivity contribution < 1.29 is 36.0 Å². The molecule has 0 aliphatic carbocycles. The summed E-state index contributed by atoms with van der Waals surface area (Å²) in [4.78, 5) is 43.4. The van der Waals surface area contributed by atoms with Crippen LogP contribution in [0.3, 0.4) is 0 Å². The first-order valence-electron chi connectivity index (χ1n) is 8.15. The molecule has 161 valence electrons. The summed E-state index contributed by atoms with van der Waals surface area (Å²) >= 11 is 11.0. The summed E-state index contributed by atoms with van der Waals surface area (Å²) in [6.45, 7) is 11.5. The number of alkyl halides is 2. The van der Waals surface area contributed by atoms with E-state index >= 15 is 0 Å². The molecule has 0 atom stereocenters. The number of halogens is 2. The molecule has 0 rings (SSSR count). The van der Waals surface area contributed by atoms with E-state index in [0.717, 1.165) is 19.6 Å². The van der Waals surface area contributed by atoms with Crippen LogP contribution in [0.5, 0.6) is 0 Å². The average Bonchev–Trinajstić information content (AvgIpc) is 2.54. The van der Waals surface area contributed by atoms with Gasteiger partial charge in [-0.2, -0.15) is 13.8 Å². The van der Waals surface area contributed by atoms with Crippen LogP contribution in [0, 0.1) is 11.8 Å². The molecule has 0 amide bonds. The van der Waals surface area contributed by atoms with Crippen molar-refractivity contribution in [3.63, 3.8) is 0 Å². The third-order valence-corrected chi connectivity index (χ3v) is 3.68. The minimum atomic E-state index is -0.141. The van der Waals surface area contributed by atoms with Crippen molar-refractivity contribution >= 4 is 46.3 Å². The Bertz CT molecular complexity index is 365. The fourth-order valence-corrected chi connectivity index (χ4v) is 1.71. The molecule has 0 spiro atoms. The van der Waals surface area contributed by atoms with Gasteiger partial charge < -0.3 is 29.8 Å². The minimum absolute atomic E-state index is 0. The van der Waals surface area contributed by atoms with Crippen molar-refractivity contribution in [1.82, 2.24) is 4.90 Å². The van der Waals surface area contributed by atoms with E-state index in [2.05, 4.69) is 4.90 Å². The molecule has 27 heavy (non-hydrogen) atoms. The standard InChI is InChI=1S/C6H13Cl2N2.2C6H9O2.Co/c7-1-4-10(5-2-8)6-3-9;2*1-4(5(2)7)6(3)8;/h9H,1-6H2;2*1-3H3;/q3*-1;+2. The van der Waals surface area contributed by atoms with Crippen LogP contribution >= 0.6 is 23.2 Å². The predicted octanol–water partition coefficient (Wildman–Crippen LogP) is 3.33. The van der Waals surface area contributed by atoms with E-state index in [1.807, 2.05) is 0 Å². The number of hydrogen-bond donors (Lipinski definition) is 0. The molecule has 0 heterocycles. The van der Waals surface area contributed by atoms with Crippen molar-refractivity contribution in [2.75, 3.05) is 37.9 Å². The molecule has 0 aliphatic rings. The SMILES string of the molecule is CC(=O)[C-](C)C(C)=O.CC(=O)[C-](C)C(C)=O.[Co+2].[NH-]CCN(CCCl)CCCl. The molecule has 0 aromatic carbocycles. The summed E-state index contributed by atoms with van der Waals surface area (Å²) in [5.74, 6) is 1.33. The maximum absolute atomic E-state index is 10.3.